The van der Waals surface area contributed by atoms with Crippen LogP contribution in [0.2, 0.25) is 0 Å². The Bertz CT molecular complexity index is 758. The molecule has 4 rings (SSSR count). The van der Waals surface area contributed by atoms with Crippen LogP contribution < -0.4 is 5.32 Å². The lowest BCUT2D eigenvalue weighted by atomic mass is 9.99. The fourth-order valence-electron chi connectivity index (χ4n) is 3.44. The van der Waals surface area contributed by atoms with Crippen molar-refractivity contribution in [3.63, 3.8) is 0 Å². The highest BCUT2D eigenvalue weighted by atomic mass is 16.3. The van der Waals surface area contributed by atoms with Crippen LogP contribution in [0.1, 0.15) is 22.5 Å². The summed E-state index contributed by atoms with van der Waals surface area (Å²) in [5.41, 5.74) is 1.25. The molecule has 0 radical (unpaired) electrons. The van der Waals surface area contributed by atoms with Crippen molar-refractivity contribution in [2.24, 2.45) is 5.92 Å². The number of nitrogens with one attached hydrogen (secondary N) is 1. The van der Waals surface area contributed by atoms with Gasteiger partial charge in [0.15, 0.2) is 0 Å². The molecule has 2 aliphatic rings. The number of carbonyl (C=O) groups is 1. The summed E-state index contributed by atoms with van der Waals surface area (Å²) in [6, 6.07) is 9.17. The van der Waals surface area contributed by atoms with Gasteiger partial charge >= 0.3 is 0 Å². The van der Waals surface area contributed by atoms with Gasteiger partial charge in [0.05, 0.1) is 0 Å². The van der Waals surface area contributed by atoms with Gasteiger partial charge in [-0.05, 0) is 37.1 Å². The number of amides is 1. The minimum atomic E-state index is -0.0460. The molecule has 1 amide bonds. The molecule has 21 heavy (non-hydrogen) atoms. The molecule has 106 valence electrons. The third-order valence-corrected chi connectivity index (χ3v) is 4.54. The number of hydrogen-bond donors (Lipinski definition) is 1. The molecule has 0 saturated carbocycles. The summed E-state index contributed by atoms with van der Waals surface area (Å²) in [6.07, 6.45) is 1.18. The Morgan fingerprint density at radius 3 is 3.00 bits per heavy atom. The summed E-state index contributed by atoms with van der Waals surface area (Å²) in [5, 5.41) is 12.8. The number of hydrogen-bond acceptors (Lipinski definition) is 4. The van der Waals surface area contributed by atoms with Gasteiger partial charge in [-0.25, -0.2) is 0 Å². The number of piperidine rings is 1. The number of fused-ring (bicyclic) bond motifs is 3. The van der Waals surface area contributed by atoms with E-state index in [2.05, 4.69) is 10.2 Å². The molecule has 1 aromatic heterocycles. The van der Waals surface area contributed by atoms with Gasteiger partial charge in [0, 0.05) is 36.1 Å². The number of benzene rings is 1. The second kappa shape index (κ2) is 4.61. The van der Waals surface area contributed by atoms with Crippen molar-refractivity contribution in [1.82, 2.24) is 10.2 Å². The van der Waals surface area contributed by atoms with Gasteiger partial charge < -0.3 is 14.6 Å². The minimum absolute atomic E-state index is 0.0460. The molecule has 5 heteroatoms. The van der Waals surface area contributed by atoms with Gasteiger partial charge in [-0.15, -0.1) is 0 Å². The zero-order valence-electron chi connectivity index (χ0n) is 11.5. The topological polar surface area (TPSA) is 69.3 Å². The lowest BCUT2D eigenvalue weighted by Crippen LogP contribution is -2.43. The first-order chi connectivity index (χ1) is 10.2. The number of rotatable bonds is 2. The molecular weight excluding hydrogens is 266 g/mol. The molecular formula is C16H15N3O2. The number of nitriles is 1. The monoisotopic (exact) mass is 281 g/mol. The first-order valence-corrected chi connectivity index (χ1v) is 7.20. The van der Waals surface area contributed by atoms with Crippen LogP contribution >= 0.6 is 0 Å². The van der Waals surface area contributed by atoms with Crippen LogP contribution in [-0.4, -0.2) is 36.5 Å². The van der Waals surface area contributed by atoms with E-state index in [-0.39, 0.29) is 17.7 Å². The number of furan rings is 1. The van der Waals surface area contributed by atoms with Gasteiger partial charge in [-0.3, -0.25) is 4.79 Å². The van der Waals surface area contributed by atoms with Crippen LogP contribution in [0, 0.1) is 17.2 Å². The van der Waals surface area contributed by atoms with E-state index in [0.29, 0.717) is 17.1 Å². The fraction of sp³-hybridized carbons (Fsp3) is 0.375. The van der Waals surface area contributed by atoms with Gasteiger partial charge in [-0.2, -0.15) is 5.26 Å². The molecule has 0 aliphatic carbocycles. The van der Waals surface area contributed by atoms with E-state index in [1.807, 2.05) is 6.07 Å². The summed E-state index contributed by atoms with van der Waals surface area (Å²) in [7, 11) is 0. The Balaban J connectivity index is 1.55. The van der Waals surface area contributed by atoms with Crippen molar-refractivity contribution in [1.29, 1.82) is 5.26 Å². The van der Waals surface area contributed by atoms with Crippen LogP contribution in [0.5, 0.6) is 0 Å². The Morgan fingerprint density at radius 1 is 1.38 bits per heavy atom. The Kier molecular flexibility index (Phi) is 2.72. The van der Waals surface area contributed by atoms with E-state index in [9.17, 15) is 4.79 Å². The molecule has 2 aromatic rings. The maximum absolute atomic E-state index is 12.4. The molecule has 1 aromatic carbocycles. The number of carbonyl (C=O) groups excluding carboxylic acids is 1. The Morgan fingerprint density at radius 2 is 2.29 bits per heavy atom. The van der Waals surface area contributed by atoms with Crippen molar-refractivity contribution in [2.75, 3.05) is 19.6 Å². The average Bonchev–Trinajstić information content (AvgIpc) is 3.20. The molecule has 2 saturated heterocycles. The molecule has 3 heterocycles. The Labute approximate surface area is 122 Å². The van der Waals surface area contributed by atoms with Crippen molar-refractivity contribution in [3.8, 4) is 6.07 Å². The maximum Gasteiger partial charge on any atom is 0.251 e. The van der Waals surface area contributed by atoms with Gasteiger partial charge in [-0.1, -0.05) is 0 Å². The molecule has 0 spiro atoms. The standard InChI is InChI=1S/C16H15N3O2/c17-7-13-6-12-5-10(1-2-15(12)21-13)16(20)18-14-9-19-4-3-11(14)8-19/h1-2,5-6,11,14H,3-4,8-9H2,(H,18,20). The molecule has 2 fully saturated rings. The highest BCUT2D eigenvalue weighted by Gasteiger charge is 2.38. The van der Waals surface area contributed by atoms with Crippen LogP contribution in [0.25, 0.3) is 11.0 Å². The maximum atomic E-state index is 12.4. The molecule has 5 nitrogen and oxygen atoms in total. The second-order valence-electron chi connectivity index (χ2n) is 5.86. The lowest BCUT2D eigenvalue weighted by Gasteiger charge is -2.23. The third-order valence-electron chi connectivity index (χ3n) is 4.54. The minimum Gasteiger partial charge on any atom is -0.446 e. The fourth-order valence-corrected chi connectivity index (χ4v) is 3.44. The molecule has 2 bridgehead atoms. The van der Waals surface area contributed by atoms with Gasteiger partial charge in [0.2, 0.25) is 5.76 Å². The lowest BCUT2D eigenvalue weighted by molar-refractivity contribution is 0.0924. The van der Waals surface area contributed by atoms with Crippen molar-refractivity contribution in [3.05, 3.63) is 35.6 Å². The Hall–Kier alpha value is -2.32. The van der Waals surface area contributed by atoms with E-state index in [1.54, 1.807) is 24.3 Å². The second-order valence-corrected chi connectivity index (χ2v) is 5.86. The van der Waals surface area contributed by atoms with Crippen LogP contribution in [-0.2, 0) is 0 Å². The predicted octanol–water partition coefficient (Wildman–Crippen LogP) is 1.74. The normalized spacial score (nSPS) is 26.9. The summed E-state index contributed by atoms with van der Waals surface area (Å²) in [5.74, 6) is 0.815. The van der Waals surface area contributed by atoms with Crippen LogP contribution in [0.15, 0.2) is 28.7 Å². The van der Waals surface area contributed by atoms with Gasteiger partial charge in [0.1, 0.15) is 11.7 Å². The molecule has 3 atom stereocenters. The van der Waals surface area contributed by atoms with Crippen LogP contribution in [0.4, 0.5) is 0 Å². The molecule has 3 unspecified atom stereocenters. The average molecular weight is 281 g/mol. The zero-order chi connectivity index (χ0) is 14.4. The number of nitrogens with zero attached hydrogens (tertiary/aromatic N) is 2. The van der Waals surface area contributed by atoms with E-state index < -0.39 is 0 Å². The molecule has 2 aliphatic heterocycles. The van der Waals surface area contributed by atoms with Crippen molar-refractivity contribution >= 4 is 16.9 Å². The van der Waals surface area contributed by atoms with Crippen molar-refractivity contribution < 1.29 is 9.21 Å². The first kappa shape index (κ1) is 12.4. The van der Waals surface area contributed by atoms with E-state index >= 15 is 0 Å². The zero-order valence-corrected chi connectivity index (χ0v) is 11.5. The quantitative estimate of drug-likeness (QED) is 0.910. The van der Waals surface area contributed by atoms with E-state index in [0.717, 1.165) is 25.0 Å². The summed E-state index contributed by atoms with van der Waals surface area (Å²) in [4.78, 5) is 14.8. The third kappa shape index (κ3) is 2.08. The van der Waals surface area contributed by atoms with E-state index in [1.165, 1.54) is 6.42 Å². The molecule has 1 N–H and O–H groups in total. The van der Waals surface area contributed by atoms with Crippen molar-refractivity contribution in [2.45, 2.75) is 12.5 Å². The smallest absolute Gasteiger partial charge is 0.251 e. The highest BCUT2D eigenvalue weighted by molar-refractivity contribution is 5.98. The SMILES string of the molecule is N#Cc1cc2cc(C(=O)NC3CN4CCC3C4)ccc2o1. The summed E-state index contributed by atoms with van der Waals surface area (Å²) < 4.78 is 5.33. The van der Waals surface area contributed by atoms with Crippen LogP contribution in [0.3, 0.4) is 0 Å². The summed E-state index contributed by atoms with van der Waals surface area (Å²) in [6.45, 7) is 3.23. The first-order valence-electron chi connectivity index (χ1n) is 7.20. The van der Waals surface area contributed by atoms with Gasteiger partial charge in [0.25, 0.3) is 5.91 Å². The largest absolute Gasteiger partial charge is 0.446 e. The van der Waals surface area contributed by atoms with E-state index in [4.69, 9.17) is 9.68 Å². The predicted molar refractivity (Wildman–Crippen MR) is 76.7 cm³/mol. The summed E-state index contributed by atoms with van der Waals surface area (Å²) >= 11 is 0. The highest BCUT2D eigenvalue weighted by Crippen LogP contribution is 2.28.